The van der Waals surface area contributed by atoms with Gasteiger partial charge in [0.05, 0.1) is 12.0 Å². The Bertz CT molecular complexity index is 564. The highest BCUT2D eigenvalue weighted by atomic mass is 32.1. The maximum atomic E-state index is 11.6. The summed E-state index contributed by atoms with van der Waals surface area (Å²) in [5, 5.41) is 6.22. The molecule has 0 amide bonds. The first-order valence-corrected chi connectivity index (χ1v) is 5.77. The lowest BCUT2D eigenvalue weighted by molar-refractivity contribution is 0.0601. The molecular weight excluding hydrogens is 236 g/mol. The third-order valence-electron chi connectivity index (χ3n) is 2.17. The van der Waals surface area contributed by atoms with Crippen molar-refractivity contribution in [3.63, 3.8) is 0 Å². The fourth-order valence-corrected chi connectivity index (χ4v) is 2.17. The van der Waals surface area contributed by atoms with Crippen LogP contribution in [0.2, 0.25) is 0 Å². The smallest absolute Gasteiger partial charge is 0.341 e. The minimum Gasteiger partial charge on any atom is -0.465 e. The van der Waals surface area contributed by atoms with Gasteiger partial charge in [-0.15, -0.1) is 17.8 Å². The van der Waals surface area contributed by atoms with Gasteiger partial charge < -0.3 is 4.74 Å². The third-order valence-corrected chi connectivity index (χ3v) is 3.05. The lowest BCUT2D eigenvalue weighted by atomic mass is 10.2. The minimum atomic E-state index is -0.406. The van der Waals surface area contributed by atoms with E-state index in [0.717, 1.165) is 4.88 Å². The van der Waals surface area contributed by atoms with Crippen molar-refractivity contribution in [3.8, 4) is 22.9 Å². The average Bonchev–Trinajstić information content (AvgIpc) is 2.96. The van der Waals surface area contributed by atoms with E-state index in [1.54, 1.807) is 10.9 Å². The molecule has 0 fully saturated rings. The van der Waals surface area contributed by atoms with Gasteiger partial charge in [0.25, 0.3) is 0 Å². The molecule has 2 aromatic heterocycles. The Labute approximate surface area is 103 Å². The number of methoxy groups -OCH3 is 1. The van der Waals surface area contributed by atoms with Gasteiger partial charge in [0, 0.05) is 6.20 Å². The summed E-state index contributed by atoms with van der Waals surface area (Å²) >= 11 is 1.51. The number of carbonyl (C=O) groups excluding carboxylic acids is 1. The van der Waals surface area contributed by atoms with Gasteiger partial charge in [-0.05, 0) is 11.4 Å². The Kier molecular flexibility index (Phi) is 3.26. The molecule has 17 heavy (non-hydrogen) atoms. The van der Waals surface area contributed by atoms with Crippen molar-refractivity contribution in [1.82, 2.24) is 9.78 Å². The van der Waals surface area contributed by atoms with E-state index >= 15 is 0 Å². The van der Waals surface area contributed by atoms with Crippen LogP contribution in [-0.4, -0.2) is 22.9 Å². The first-order chi connectivity index (χ1) is 8.26. The molecule has 0 bridgehead atoms. The number of esters is 1. The second kappa shape index (κ2) is 4.85. The SMILES string of the molecule is C#CCn1cc(C(=O)OC)c(-c2cccs2)n1. The zero-order valence-electron chi connectivity index (χ0n) is 9.21. The van der Waals surface area contributed by atoms with E-state index in [1.807, 2.05) is 17.5 Å². The highest BCUT2D eigenvalue weighted by Gasteiger charge is 2.18. The average molecular weight is 246 g/mol. The van der Waals surface area contributed by atoms with Crippen LogP contribution >= 0.6 is 11.3 Å². The van der Waals surface area contributed by atoms with Crippen molar-refractivity contribution in [1.29, 1.82) is 0 Å². The van der Waals surface area contributed by atoms with Gasteiger partial charge in [0.1, 0.15) is 17.8 Å². The van der Waals surface area contributed by atoms with E-state index in [1.165, 1.54) is 18.4 Å². The molecule has 2 rings (SSSR count). The van der Waals surface area contributed by atoms with Gasteiger partial charge in [0.15, 0.2) is 0 Å². The van der Waals surface area contributed by atoms with Crippen molar-refractivity contribution in [2.75, 3.05) is 7.11 Å². The molecule has 0 aromatic carbocycles. The Morgan fingerprint density at radius 1 is 1.71 bits per heavy atom. The van der Waals surface area contributed by atoms with Crippen LogP contribution in [0.25, 0.3) is 10.6 Å². The first-order valence-electron chi connectivity index (χ1n) is 4.89. The van der Waals surface area contributed by atoms with Crippen LogP contribution in [-0.2, 0) is 11.3 Å². The van der Waals surface area contributed by atoms with E-state index in [2.05, 4.69) is 11.0 Å². The van der Waals surface area contributed by atoms with Crippen molar-refractivity contribution in [2.45, 2.75) is 6.54 Å². The molecule has 0 aliphatic rings. The number of aromatic nitrogens is 2. The highest BCUT2D eigenvalue weighted by molar-refractivity contribution is 7.13. The Morgan fingerprint density at radius 2 is 2.53 bits per heavy atom. The molecule has 5 heteroatoms. The summed E-state index contributed by atoms with van der Waals surface area (Å²) in [4.78, 5) is 12.5. The molecule has 0 N–H and O–H groups in total. The number of carbonyl (C=O) groups is 1. The van der Waals surface area contributed by atoms with E-state index < -0.39 is 5.97 Å². The van der Waals surface area contributed by atoms with Gasteiger partial charge in [-0.2, -0.15) is 5.10 Å². The number of ether oxygens (including phenoxy) is 1. The summed E-state index contributed by atoms with van der Waals surface area (Å²) in [6.07, 6.45) is 6.83. The lowest BCUT2D eigenvalue weighted by Gasteiger charge is -1.96. The van der Waals surface area contributed by atoms with Gasteiger partial charge in [-0.1, -0.05) is 12.0 Å². The fourth-order valence-electron chi connectivity index (χ4n) is 1.45. The van der Waals surface area contributed by atoms with Gasteiger partial charge >= 0.3 is 5.97 Å². The third kappa shape index (κ3) is 2.22. The van der Waals surface area contributed by atoms with E-state index in [-0.39, 0.29) is 0 Å². The molecule has 4 nitrogen and oxygen atoms in total. The van der Waals surface area contributed by atoms with Crippen LogP contribution in [0.3, 0.4) is 0 Å². The summed E-state index contributed by atoms with van der Waals surface area (Å²) in [6.45, 7) is 0.329. The molecule has 0 aliphatic carbocycles. The predicted molar refractivity (Wildman–Crippen MR) is 65.7 cm³/mol. The summed E-state index contributed by atoms with van der Waals surface area (Å²) in [7, 11) is 1.35. The van der Waals surface area contributed by atoms with Crippen LogP contribution in [0, 0.1) is 12.3 Å². The monoisotopic (exact) mass is 246 g/mol. The fraction of sp³-hybridized carbons (Fsp3) is 0.167. The van der Waals surface area contributed by atoms with Crippen LogP contribution in [0.4, 0.5) is 0 Å². The molecule has 2 heterocycles. The van der Waals surface area contributed by atoms with E-state index in [4.69, 9.17) is 11.2 Å². The number of hydrogen-bond donors (Lipinski definition) is 0. The van der Waals surface area contributed by atoms with Crippen LogP contribution in [0.15, 0.2) is 23.7 Å². The second-order valence-corrected chi connectivity index (χ2v) is 4.21. The van der Waals surface area contributed by atoms with Crippen LogP contribution < -0.4 is 0 Å². The predicted octanol–water partition coefficient (Wildman–Crippen LogP) is 2.03. The number of terminal acetylenes is 1. The topological polar surface area (TPSA) is 44.1 Å². The van der Waals surface area contributed by atoms with Crippen LogP contribution in [0.1, 0.15) is 10.4 Å². The van der Waals surface area contributed by atoms with Gasteiger partial charge in [-0.25, -0.2) is 4.79 Å². The summed E-state index contributed by atoms with van der Waals surface area (Å²) in [6, 6.07) is 3.81. The quantitative estimate of drug-likeness (QED) is 0.615. The Morgan fingerprint density at radius 3 is 3.12 bits per heavy atom. The van der Waals surface area contributed by atoms with Crippen molar-refractivity contribution in [3.05, 3.63) is 29.3 Å². The first kappa shape index (κ1) is 11.4. The number of rotatable bonds is 3. The molecule has 0 unspecified atom stereocenters. The Balaban J connectivity index is 2.49. The zero-order valence-corrected chi connectivity index (χ0v) is 10.0. The van der Waals surface area contributed by atoms with E-state index in [0.29, 0.717) is 17.8 Å². The molecule has 0 saturated heterocycles. The zero-order chi connectivity index (χ0) is 12.3. The van der Waals surface area contributed by atoms with Gasteiger partial charge in [0.2, 0.25) is 0 Å². The molecule has 86 valence electrons. The van der Waals surface area contributed by atoms with Crippen molar-refractivity contribution >= 4 is 17.3 Å². The van der Waals surface area contributed by atoms with Crippen molar-refractivity contribution in [2.24, 2.45) is 0 Å². The minimum absolute atomic E-state index is 0.329. The highest BCUT2D eigenvalue weighted by Crippen LogP contribution is 2.26. The summed E-state index contributed by atoms with van der Waals surface area (Å²) in [5.41, 5.74) is 1.05. The summed E-state index contributed by atoms with van der Waals surface area (Å²) in [5.74, 6) is 2.07. The van der Waals surface area contributed by atoms with Crippen molar-refractivity contribution < 1.29 is 9.53 Å². The standard InChI is InChI=1S/C12H10N2O2S/c1-3-6-14-8-9(12(15)16-2)11(13-14)10-5-4-7-17-10/h1,4-5,7-8H,6H2,2H3. The van der Waals surface area contributed by atoms with Gasteiger partial charge in [-0.3, -0.25) is 4.68 Å². The number of thiophene rings is 1. The normalized spacial score (nSPS) is 9.88. The van der Waals surface area contributed by atoms with E-state index in [9.17, 15) is 4.79 Å². The number of nitrogens with zero attached hydrogens (tertiary/aromatic N) is 2. The van der Waals surface area contributed by atoms with Crippen LogP contribution in [0.5, 0.6) is 0 Å². The number of hydrogen-bond acceptors (Lipinski definition) is 4. The molecule has 2 aromatic rings. The molecule has 0 aliphatic heterocycles. The maximum absolute atomic E-state index is 11.6. The molecule has 0 saturated carbocycles. The second-order valence-electron chi connectivity index (χ2n) is 3.26. The Hall–Kier alpha value is -2.06. The lowest BCUT2D eigenvalue weighted by Crippen LogP contribution is -2.01. The molecule has 0 spiro atoms. The molecular formula is C12H10N2O2S. The molecule has 0 atom stereocenters. The summed E-state index contributed by atoms with van der Waals surface area (Å²) < 4.78 is 6.28. The largest absolute Gasteiger partial charge is 0.465 e. The maximum Gasteiger partial charge on any atom is 0.341 e. The molecule has 0 radical (unpaired) electrons.